The topological polar surface area (TPSA) is 68.5 Å². The maximum atomic E-state index is 12.9. The van der Waals surface area contributed by atoms with E-state index < -0.39 is 0 Å². The highest BCUT2D eigenvalue weighted by atomic mass is 35.5. The van der Waals surface area contributed by atoms with Gasteiger partial charge >= 0.3 is 0 Å². The van der Waals surface area contributed by atoms with Gasteiger partial charge in [0.25, 0.3) is 0 Å². The Balaban J connectivity index is 1.35. The number of benzene rings is 1. The fourth-order valence-corrected chi connectivity index (χ4v) is 4.79. The number of hydrogen-bond acceptors (Lipinski definition) is 5. The normalized spacial score (nSPS) is 19.9. The van der Waals surface area contributed by atoms with Crippen molar-refractivity contribution in [3.05, 3.63) is 35.0 Å². The number of hydrogen-bond donors (Lipinski definition) is 1. The Hall–Kier alpha value is -1.69. The summed E-state index contributed by atoms with van der Waals surface area (Å²) >= 11 is 6.26. The van der Waals surface area contributed by atoms with Gasteiger partial charge in [0, 0.05) is 42.8 Å². The smallest absolute Gasteiger partial charge is 0.165 e. The molecule has 0 unspecified atom stereocenters. The predicted molar refractivity (Wildman–Crippen MR) is 113 cm³/mol. The van der Waals surface area contributed by atoms with Gasteiger partial charge in [0.05, 0.1) is 16.2 Å². The number of ether oxygens (including phenoxy) is 1. The SMILES string of the molecule is Nc1c(Cl)cc(C(=O)CCC2CCN(C3CCOCC3)CC2)c2ncccc12. The predicted octanol–water partition coefficient (Wildman–Crippen LogP) is 4.32. The molecular formula is C22H28ClN3O2. The Bertz CT molecular complexity index is 843. The van der Waals surface area contributed by atoms with Crippen LogP contribution < -0.4 is 5.73 Å². The van der Waals surface area contributed by atoms with Crippen LogP contribution >= 0.6 is 11.6 Å². The van der Waals surface area contributed by atoms with Crippen molar-refractivity contribution in [2.24, 2.45) is 5.92 Å². The Labute approximate surface area is 171 Å². The number of likely N-dealkylation sites (tertiary alicyclic amines) is 1. The summed E-state index contributed by atoms with van der Waals surface area (Å²) in [6.45, 7) is 4.07. The number of nitrogens with zero attached hydrogens (tertiary/aromatic N) is 2. The number of carbonyl (C=O) groups is 1. The molecule has 4 rings (SSSR count). The minimum Gasteiger partial charge on any atom is -0.397 e. The van der Waals surface area contributed by atoms with Gasteiger partial charge in [-0.25, -0.2) is 0 Å². The highest BCUT2D eigenvalue weighted by molar-refractivity contribution is 6.35. The third-order valence-electron chi connectivity index (χ3n) is 6.32. The first kappa shape index (κ1) is 19.6. The lowest BCUT2D eigenvalue weighted by molar-refractivity contribution is 0.0204. The van der Waals surface area contributed by atoms with Crippen molar-refractivity contribution < 1.29 is 9.53 Å². The number of nitrogens with two attached hydrogens (primary N) is 1. The van der Waals surface area contributed by atoms with Gasteiger partial charge < -0.3 is 15.4 Å². The van der Waals surface area contributed by atoms with E-state index in [4.69, 9.17) is 22.1 Å². The van der Waals surface area contributed by atoms with Gasteiger partial charge in [0.1, 0.15) is 0 Å². The zero-order valence-electron chi connectivity index (χ0n) is 16.2. The van der Waals surface area contributed by atoms with Crippen LogP contribution in [0.3, 0.4) is 0 Å². The Morgan fingerprint density at radius 2 is 2.00 bits per heavy atom. The molecule has 0 spiro atoms. The summed E-state index contributed by atoms with van der Waals surface area (Å²) < 4.78 is 5.48. The van der Waals surface area contributed by atoms with E-state index >= 15 is 0 Å². The van der Waals surface area contributed by atoms with Crippen molar-refractivity contribution >= 4 is 34.0 Å². The molecule has 150 valence electrons. The van der Waals surface area contributed by atoms with E-state index in [-0.39, 0.29) is 5.78 Å². The number of pyridine rings is 1. The van der Waals surface area contributed by atoms with Crippen LogP contribution in [0.5, 0.6) is 0 Å². The number of ketones is 1. The van der Waals surface area contributed by atoms with Crippen LogP contribution in [-0.2, 0) is 4.74 Å². The molecule has 0 aliphatic carbocycles. The number of fused-ring (bicyclic) bond motifs is 1. The van der Waals surface area contributed by atoms with Crippen molar-refractivity contribution in [2.45, 2.75) is 44.6 Å². The van der Waals surface area contributed by atoms with Crippen LogP contribution in [0.15, 0.2) is 24.4 Å². The van der Waals surface area contributed by atoms with Crippen molar-refractivity contribution in [3.63, 3.8) is 0 Å². The monoisotopic (exact) mass is 401 g/mol. The average molecular weight is 402 g/mol. The minimum atomic E-state index is 0.109. The van der Waals surface area contributed by atoms with Gasteiger partial charge in [-0.2, -0.15) is 0 Å². The minimum absolute atomic E-state index is 0.109. The first-order valence-corrected chi connectivity index (χ1v) is 10.7. The zero-order chi connectivity index (χ0) is 19.5. The first-order valence-electron chi connectivity index (χ1n) is 10.3. The number of halogens is 1. The maximum absolute atomic E-state index is 12.9. The molecule has 2 saturated heterocycles. The second-order valence-corrected chi connectivity index (χ2v) is 8.41. The number of rotatable bonds is 5. The van der Waals surface area contributed by atoms with Gasteiger partial charge in [-0.1, -0.05) is 11.6 Å². The summed E-state index contributed by atoms with van der Waals surface area (Å²) in [6, 6.07) is 6.05. The lowest BCUT2D eigenvalue weighted by atomic mass is 9.89. The molecule has 0 bridgehead atoms. The summed E-state index contributed by atoms with van der Waals surface area (Å²) in [4.78, 5) is 19.9. The van der Waals surface area contributed by atoms with Crippen LogP contribution in [-0.4, -0.2) is 48.0 Å². The van der Waals surface area contributed by atoms with Gasteiger partial charge in [-0.15, -0.1) is 0 Å². The lowest BCUT2D eigenvalue weighted by Gasteiger charge is -2.39. The van der Waals surface area contributed by atoms with Gasteiger partial charge in [-0.3, -0.25) is 9.78 Å². The number of carbonyl (C=O) groups excluding carboxylic acids is 1. The second-order valence-electron chi connectivity index (χ2n) is 8.00. The summed E-state index contributed by atoms with van der Waals surface area (Å²) in [6.07, 6.45) is 7.81. The summed E-state index contributed by atoms with van der Waals surface area (Å²) in [5, 5.41) is 1.18. The van der Waals surface area contributed by atoms with Crippen molar-refractivity contribution in [3.8, 4) is 0 Å². The van der Waals surface area contributed by atoms with Crippen LogP contribution in [0, 0.1) is 5.92 Å². The van der Waals surface area contributed by atoms with Crippen molar-refractivity contribution in [1.29, 1.82) is 0 Å². The Morgan fingerprint density at radius 3 is 2.75 bits per heavy atom. The molecule has 0 saturated carbocycles. The molecule has 0 atom stereocenters. The van der Waals surface area contributed by atoms with Crippen molar-refractivity contribution in [1.82, 2.24) is 9.88 Å². The third kappa shape index (κ3) is 4.17. The van der Waals surface area contributed by atoms with Crippen LogP contribution in [0.4, 0.5) is 5.69 Å². The maximum Gasteiger partial charge on any atom is 0.165 e. The van der Waals surface area contributed by atoms with E-state index in [2.05, 4.69) is 9.88 Å². The lowest BCUT2D eigenvalue weighted by Crippen LogP contribution is -2.44. The van der Waals surface area contributed by atoms with E-state index in [1.165, 1.54) is 12.8 Å². The van der Waals surface area contributed by atoms with E-state index in [9.17, 15) is 4.79 Å². The van der Waals surface area contributed by atoms with E-state index in [1.807, 2.05) is 12.1 Å². The molecule has 0 amide bonds. The molecule has 2 aliphatic heterocycles. The summed E-state index contributed by atoms with van der Waals surface area (Å²) in [7, 11) is 0. The van der Waals surface area contributed by atoms with Gasteiger partial charge in [0.2, 0.25) is 0 Å². The number of nitrogen functional groups attached to an aromatic ring is 1. The molecule has 6 heteroatoms. The molecule has 1 aromatic heterocycles. The number of anilines is 1. The Kier molecular flexibility index (Phi) is 6.14. The second kappa shape index (κ2) is 8.76. The fourth-order valence-electron chi connectivity index (χ4n) is 4.58. The number of Topliss-reactive ketones (excluding diaryl/α,β-unsaturated/α-hetero) is 1. The third-order valence-corrected chi connectivity index (χ3v) is 6.63. The molecule has 2 aromatic rings. The molecule has 2 aliphatic rings. The zero-order valence-corrected chi connectivity index (χ0v) is 17.0. The van der Waals surface area contributed by atoms with Gasteiger partial charge in [0.15, 0.2) is 5.78 Å². The van der Waals surface area contributed by atoms with Crippen LogP contribution in [0.2, 0.25) is 5.02 Å². The standard InChI is InChI=1S/C22H28ClN3O2/c23-19-14-18(22-17(21(19)24)2-1-9-25-22)20(27)4-3-15-5-10-26(11-6-15)16-7-12-28-13-8-16/h1-2,9,14-16H,3-8,10-13,24H2. The summed E-state index contributed by atoms with van der Waals surface area (Å²) in [5.74, 6) is 0.723. The molecule has 2 fully saturated rings. The van der Waals surface area contributed by atoms with Gasteiger partial charge in [-0.05, 0) is 69.3 Å². The molecule has 1 aromatic carbocycles. The molecule has 0 radical (unpaired) electrons. The molecular weight excluding hydrogens is 374 g/mol. The highest BCUT2D eigenvalue weighted by Gasteiger charge is 2.27. The summed E-state index contributed by atoms with van der Waals surface area (Å²) in [5.41, 5.74) is 7.79. The molecule has 5 nitrogen and oxygen atoms in total. The largest absolute Gasteiger partial charge is 0.397 e. The highest BCUT2D eigenvalue weighted by Crippen LogP contribution is 2.32. The number of piperidine rings is 1. The molecule has 3 heterocycles. The first-order chi connectivity index (χ1) is 13.6. The van der Waals surface area contributed by atoms with Crippen LogP contribution in [0.25, 0.3) is 10.9 Å². The quantitative estimate of drug-likeness (QED) is 0.596. The van der Waals surface area contributed by atoms with E-state index in [1.54, 1.807) is 12.3 Å². The van der Waals surface area contributed by atoms with Crippen molar-refractivity contribution in [2.75, 3.05) is 32.0 Å². The number of aromatic nitrogens is 1. The van der Waals surface area contributed by atoms with Crippen LogP contribution in [0.1, 0.15) is 48.9 Å². The van der Waals surface area contributed by atoms with E-state index in [0.29, 0.717) is 40.2 Å². The fraction of sp³-hybridized carbons (Fsp3) is 0.545. The van der Waals surface area contributed by atoms with E-state index in [0.717, 1.165) is 51.0 Å². The molecule has 2 N–H and O–H groups in total. The molecule has 28 heavy (non-hydrogen) atoms. The Morgan fingerprint density at radius 1 is 1.25 bits per heavy atom. The average Bonchev–Trinajstić information content (AvgIpc) is 2.75.